The Morgan fingerprint density at radius 1 is 0.939 bits per heavy atom. The number of hydrogen-bond acceptors (Lipinski definition) is 6. The van der Waals surface area contributed by atoms with Gasteiger partial charge in [0.05, 0.1) is 35.1 Å². The Hall–Kier alpha value is -4.66. The first kappa shape index (κ1) is 21.6. The van der Waals surface area contributed by atoms with Gasteiger partial charge in [0.2, 0.25) is 0 Å². The third-order valence-corrected chi connectivity index (χ3v) is 6.46. The van der Waals surface area contributed by atoms with Crippen LogP contribution < -0.4 is 11.1 Å². The van der Waals surface area contributed by atoms with Crippen LogP contribution in [0.2, 0.25) is 0 Å². The Balaban J connectivity index is 2.02. The van der Waals surface area contributed by atoms with Gasteiger partial charge in [-0.05, 0) is 41.8 Å². The van der Waals surface area contributed by atoms with Gasteiger partial charge in [-0.25, -0.2) is 8.78 Å². The lowest BCUT2D eigenvalue weighted by Crippen LogP contribution is -2.62. The highest BCUT2D eigenvalue weighted by molar-refractivity contribution is 5.60. The summed E-state index contributed by atoms with van der Waals surface area (Å²) in [4.78, 5) is 0. The molecule has 0 radical (unpaired) electrons. The SMILES string of the molecule is N#CC(C#N)=C1NC2C(C#N)=C(N)C1(C#N)C(Cc1ccc(F)cc1)C2c1ccc(F)cc1. The van der Waals surface area contributed by atoms with Crippen LogP contribution in [0.15, 0.2) is 71.1 Å². The van der Waals surface area contributed by atoms with E-state index in [2.05, 4.69) is 17.5 Å². The van der Waals surface area contributed by atoms with Crippen molar-refractivity contribution in [1.29, 1.82) is 21.0 Å². The average molecular weight is 438 g/mol. The van der Waals surface area contributed by atoms with E-state index in [0.29, 0.717) is 11.1 Å². The Morgan fingerprint density at radius 2 is 1.52 bits per heavy atom. The maximum absolute atomic E-state index is 13.7. The molecule has 2 bridgehead atoms. The van der Waals surface area contributed by atoms with Gasteiger partial charge in [-0.3, -0.25) is 0 Å². The van der Waals surface area contributed by atoms with Crippen molar-refractivity contribution in [3.05, 3.63) is 93.8 Å². The van der Waals surface area contributed by atoms with E-state index in [1.54, 1.807) is 24.3 Å². The van der Waals surface area contributed by atoms with E-state index in [9.17, 15) is 29.8 Å². The van der Waals surface area contributed by atoms with Crippen molar-refractivity contribution in [2.24, 2.45) is 17.1 Å². The van der Waals surface area contributed by atoms with Crippen LogP contribution in [0.1, 0.15) is 17.0 Å². The van der Waals surface area contributed by atoms with Crippen LogP contribution in [0, 0.1) is 68.3 Å². The van der Waals surface area contributed by atoms with Crippen molar-refractivity contribution in [2.45, 2.75) is 18.4 Å². The largest absolute Gasteiger partial charge is 0.400 e. The van der Waals surface area contributed by atoms with Crippen LogP contribution >= 0.6 is 0 Å². The standard InChI is InChI=1S/C25H16F2N6/c26-17-5-1-14(2-6-17)9-20-21(15-3-7-18(27)8-4-15)22-19(12-30)23(32)25(20,13-31)24(33-22)16(10-28)11-29/h1-8,20-22,33H,9,32H2. The summed E-state index contributed by atoms with van der Waals surface area (Å²) in [5, 5.41) is 42.5. The van der Waals surface area contributed by atoms with Gasteiger partial charge in [-0.2, -0.15) is 21.0 Å². The fraction of sp³-hybridized carbons (Fsp3) is 0.200. The molecule has 33 heavy (non-hydrogen) atoms. The molecular formula is C25H16F2N6. The molecule has 2 aliphatic heterocycles. The van der Waals surface area contributed by atoms with Crippen molar-refractivity contribution in [2.75, 3.05) is 0 Å². The van der Waals surface area contributed by atoms with Crippen LogP contribution in [-0.4, -0.2) is 6.04 Å². The molecule has 6 nitrogen and oxygen atoms in total. The second kappa shape index (κ2) is 8.12. The van der Waals surface area contributed by atoms with E-state index in [1.165, 1.54) is 24.3 Å². The van der Waals surface area contributed by atoms with Crippen LogP contribution in [-0.2, 0) is 6.42 Å². The lowest BCUT2D eigenvalue weighted by molar-refractivity contribution is 0.171. The molecule has 160 valence electrons. The first-order valence-corrected chi connectivity index (χ1v) is 10.0. The zero-order chi connectivity index (χ0) is 23.8. The van der Waals surface area contributed by atoms with Gasteiger partial charge in [0.1, 0.15) is 29.2 Å². The summed E-state index contributed by atoms with van der Waals surface area (Å²) >= 11 is 0. The number of benzene rings is 2. The van der Waals surface area contributed by atoms with Crippen LogP contribution in [0.4, 0.5) is 8.78 Å². The van der Waals surface area contributed by atoms with Gasteiger partial charge in [0, 0.05) is 11.8 Å². The van der Waals surface area contributed by atoms with E-state index >= 15 is 0 Å². The summed E-state index contributed by atoms with van der Waals surface area (Å²) in [5.74, 6) is -2.00. The molecule has 4 unspecified atom stereocenters. The lowest BCUT2D eigenvalue weighted by atomic mass is 9.52. The predicted molar refractivity (Wildman–Crippen MR) is 113 cm³/mol. The second-order valence-corrected chi connectivity index (χ2v) is 7.97. The van der Waals surface area contributed by atoms with E-state index in [0.717, 1.165) is 0 Å². The van der Waals surface area contributed by atoms with Crippen molar-refractivity contribution in [3.8, 4) is 24.3 Å². The maximum Gasteiger partial charge on any atom is 0.150 e. The zero-order valence-electron chi connectivity index (χ0n) is 17.2. The van der Waals surface area contributed by atoms with Crippen molar-refractivity contribution < 1.29 is 8.78 Å². The van der Waals surface area contributed by atoms with Gasteiger partial charge in [0.15, 0.2) is 5.57 Å². The van der Waals surface area contributed by atoms with E-state index in [1.807, 2.05) is 12.1 Å². The van der Waals surface area contributed by atoms with E-state index < -0.39 is 34.9 Å². The van der Waals surface area contributed by atoms with Crippen LogP contribution in [0.5, 0.6) is 0 Å². The normalized spacial score (nSPS) is 25.3. The van der Waals surface area contributed by atoms with E-state index in [-0.39, 0.29) is 29.0 Å². The average Bonchev–Trinajstić information content (AvgIpc) is 2.82. The molecule has 0 spiro atoms. The molecule has 8 heteroatoms. The Labute approximate surface area is 189 Å². The molecule has 1 fully saturated rings. The molecule has 2 aromatic rings. The van der Waals surface area contributed by atoms with Gasteiger partial charge < -0.3 is 11.1 Å². The fourth-order valence-electron chi connectivity index (χ4n) is 5.01. The Kier molecular flexibility index (Phi) is 5.31. The number of halogens is 2. The molecular weight excluding hydrogens is 422 g/mol. The number of nitrogens with two attached hydrogens (primary N) is 1. The summed E-state index contributed by atoms with van der Waals surface area (Å²) < 4.78 is 27.2. The molecule has 0 saturated carbocycles. The van der Waals surface area contributed by atoms with Gasteiger partial charge >= 0.3 is 0 Å². The molecule has 5 rings (SSSR count). The minimum Gasteiger partial charge on any atom is -0.400 e. The number of nitrogens with zero attached hydrogens (tertiary/aromatic N) is 4. The van der Waals surface area contributed by atoms with Crippen LogP contribution in [0.3, 0.4) is 0 Å². The molecule has 3 N–H and O–H groups in total. The number of nitriles is 4. The van der Waals surface area contributed by atoms with Crippen LogP contribution in [0.25, 0.3) is 0 Å². The molecule has 0 amide bonds. The predicted octanol–water partition coefficient (Wildman–Crippen LogP) is 3.44. The van der Waals surface area contributed by atoms with Gasteiger partial charge in [0.25, 0.3) is 0 Å². The van der Waals surface area contributed by atoms with Crippen molar-refractivity contribution >= 4 is 0 Å². The smallest absolute Gasteiger partial charge is 0.150 e. The molecule has 4 atom stereocenters. The number of allylic oxidation sites excluding steroid dienone is 1. The van der Waals surface area contributed by atoms with Crippen molar-refractivity contribution in [1.82, 2.24) is 5.32 Å². The molecule has 2 aromatic carbocycles. The van der Waals surface area contributed by atoms with Gasteiger partial charge in [-0.1, -0.05) is 24.3 Å². The number of rotatable bonds is 3. The quantitative estimate of drug-likeness (QED) is 0.705. The number of fused-ring (bicyclic) bond motifs is 2. The first-order valence-electron chi connectivity index (χ1n) is 10.0. The highest BCUT2D eigenvalue weighted by Gasteiger charge is 2.61. The molecule has 1 saturated heterocycles. The maximum atomic E-state index is 13.7. The number of nitrogens with one attached hydrogen (secondary N) is 1. The summed E-state index contributed by atoms with van der Waals surface area (Å²) in [7, 11) is 0. The lowest BCUT2D eigenvalue weighted by Gasteiger charge is -2.55. The number of piperidine rings is 1. The molecule has 2 heterocycles. The Morgan fingerprint density at radius 3 is 2.03 bits per heavy atom. The Bertz CT molecular complexity index is 1330. The van der Waals surface area contributed by atoms with Gasteiger partial charge in [-0.15, -0.1) is 0 Å². The van der Waals surface area contributed by atoms with E-state index in [4.69, 9.17) is 5.73 Å². The fourth-order valence-corrected chi connectivity index (χ4v) is 5.01. The summed E-state index contributed by atoms with van der Waals surface area (Å²) in [6.45, 7) is 0. The molecule has 1 aliphatic carbocycles. The molecule has 0 aromatic heterocycles. The summed E-state index contributed by atoms with van der Waals surface area (Å²) in [6, 6.07) is 18.7. The topological polar surface area (TPSA) is 133 Å². The van der Waals surface area contributed by atoms with Crippen molar-refractivity contribution in [3.63, 3.8) is 0 Å². The first-order chi connectivity index (χ1) is 15.9. The second-order valence-electron chi connectivity index (χ2n) is 7.97. The highest BCUT2D eigenvalue weighted by Crippen LogP contribution is 2.58. The minimum absolute atomic E-state index is 0.0141. The highest BCUT2D eigenvalue weighted by atomic mass is 19.1. The molecule has 3 aliphatic rings. The third-order valence-electron chi connectivity index (χ3n) is 6.46. The summed E-state index contributed by atoms with van der Waals surface area (Å²) in [5.41, 5.74) is 5.97. The zero-order valence-corrected chi connectivity index (χ0v) is 17.2. The summed E-state index contributed by atoms with van der Waals surface area (Å²) in [6.07, 6.45) is 0.237. The third kappa shape index (κ3) is 3.18. The number of hydrogen-bond donors (Lipinski definition) is 2. The minimum atomic E-state index is -1.69. The monoisotopic (exact) mass is 438 g/mol.